The Labute approximate surface area is 147 Å². The number of aromatic amines is 1. The Balaban J connectivity index is 1.64. The highest BCUT2D eigenvalue weighted by Crippen LogP contribution is 2.33. The summed E-state index contributed by atoms with van der Waals surface area (Å²) in [6.07, 6.45) is 3.23. The van der Waals surface area contributed by atoms with E-state index in [2.05, 4.69) is 20.4 Å². The van der Waals surface area contributed by atoms with E-state index in [0.717, 1.165) is 47.1 Å². The topological polar surface area (TPSA) is 71.8 Å². The molecule has 6 nitrogen and oxygen atoms in total. The molecule has 1 N–H and O–H groups in total. The number of nitrogens with zero attached hydrogens (tertiary/aromatic N) is 5. The van der Waals surface area contributed by atoms with Gasteiger partial charge in [-0.15, -0.1) is 10.2 Å². The second kappa shape index (κ2) is 5.46. The summed E-state index contributed by atoms with van der Waals surface area (Å²) in [5.74, 6) is 1.42. The molecule has 5 rings (SSSR count). The number of nitrogens with one attached hydrogen (secondary N) is 1. The zero-order chi connectivity index (χ0) is 16.1. The molecule has 120 valence electrons. The molecule has 24 heavy (non-hydrogen) atoms. The molecule has 0 radical (unpaired) electrons. The van der Waals surface area contributed by atoms with E-state index < -0.39 is 0 Å². The van der Waals surface area contributed by atoms with Crippen molar-refractivity contribution in [3.63, 3.8) is 0 Å². The van der Waals surface area contributed by atoms with Crippen LogP contribution in [0.4, 0.5) is 0 Å². The van der Waals surface area contributed by atoms with Crippen LogP contribution < -0.4 is 0 Å². The van der Waals surface area contributed by atoms with Crippen LogP contribution in [0.25, 0.3) is 11.5 Å². The first kappa shape index (κ1) is 14.2. The zero-order valence-electron chi connectivity index (χ0n) is 12.7. The summed E-state index contributed by atoms with van der Waals surface area (Å²) in [4.78, 5) is 0. The van der Waals surface area contributed by atoms with Crippen LogP contribution in [0.5, 0.6) is 0 Å². The Hall–Kier alpha value is -2.12. The van der Waals surface area contributed by atoms with E-state index in [1.54, 1.807) is 16.4 Å². The van der Waals surface area contributed by atoms with Crippen molar-refractivity contribution in [2.24, 2.45) is 5.10 Å². The highest BCUT2D eigenvalue weighted by Gasteiger charge is 2.27. The zero-order valence-corrected chi connectivity index (χ0v) is 14.2. The normalized spacial score (nSPS) is 16.0. The lowest BCUT2D eigenvalue weighted by Gasteiger charge is -2.14. The smallest absolute Gasteiger partial charge is 0.212 e. The number of aromatic nitrogens is 5. The Bertz CT molecular complexity index is 973. The third-order valence-electron chi connectivity index (χ3n) is 4.37. The summed E-state index contributed by atoms with van der Waals surface area (Å²) in [5, 5.41) is 22.4. The van der Waals surface area contributed by atoms with Gasteiger partial charge in [-0.3, -0.25) is 5.10 Å². The lowest BCUT2D eigenvalue weighted by molar-refractivity contribution is 0.758. The van der Waals surface area contributed by atoms with E-state index in [9.17, 15) is 0 Å². The van der Waals surface area contributed by atoms with Crippen molar-refractivity contribution >= 4 is 29.1 Å². The minimum absolute atomic E-state index is 0.696. The van der Waals surface area contributed by atoms with Gasteiger partial charge >= 0.3 is 0 Å². The number of halogens is 1. The molecule has 2 aromatic heterocycles. The van der Waals surface area contributed by atoms with Crippen molar-refractivity contribution in [1.82, 2.24) is 25.1 Å². The molecular weight excluding hydrogens is 344 g/mol. The van der Waals surface area contributed by atoms with E-state index >= 15 is 0 Å². The number of aryl methyl sites for hydroxylation is 1. The molecule has 2 aliphatic rings. The lowest BCUT2D eigenvalue weighted by Crippen LogP contribution is -2.14. The fourth-order valence-electron chi connectivity index (χ4n) is 3.21. The summed E-state index contributed by atoms with van der Waals surface area (Å²) in [6.45, 7) is 0. The monoisotopic (exact) mass is 356 g/mol. The molecule has 0 spiro atoms. The first-order chi connectivity index (χ1) is 11.8. The fourth-order valence-corrected chi connectivity index (χ4v) is 4.28. The van der Waals surface area contributed by atoms with Crippen LogP contribution >= 0.6 is 23.4 Å². The highest BCUT2D eigenvalue weighted by molar-refractivity contribution is 7.99. The highest BCUT2D eigenvalue weighted by atomic mass is 35.5. The molecule has 0 fully saturated rings. The molecule has 3 heterocycles. The molecule has 0 unspecified atom stereocenters. The van der Waals surface area contributed by atoms with Crippen molar-refractivity contribution in [3.8, 4) is 11.5 Å². The van der Waals surface area contributed by atoms with E-state index in [4.69, 9.17) is 16.7 Å². The van der Waals surface area contributed by atoms with Crippen LogP contribution in [0, 0.1) is 0 Å². The molecule has 0 saturated heterocycles. The summed E-state index contributed by atoms with van der Waals surface area (Å²) >= 11 is 7.94. The summed E-state index contributed by atoms with van der Waals surface area (Å²) in [6, 6.07) is 7.76. The van der Waals surface area contributed by atoms with Crippen LogP contribution in [-0.4, -0.2) is 36.5 Å². The Morgan fingerprint density at radius 3 is 3.00 bits per heavy atom. The summed E-state index contributed by atoms with van der Waals surface area (Å²) in [7, 11) is 0. The fraction of sp³-hybridized carbons (Fsp3) is 0.250. The number of benzene rings is 1. The molecule has 0 saturated carbocycles. The lowest BCUT2D eigenvalue weighted by atomic mass is 10.1. The first-order valence-electron chi connectivity index (χ1n) is 7.79. The SMILES string of the molecule is Clc1ccccc1C1=Nn2c(nnc2-c2n[nH]c3c2CCC3)SC1. The van der Waals surface area contributed by atoms with Crippen molar-refractivity contribution in [2.75, 3.05) is 5.75 Å². The number of hydrogen-bond acceptors (Lipinski definition) is 5. The Kier molecular flexibility index (Phi) is 3.24. The van der Waals surface area contributed by atoms with Crippen LogP contribution in [-0.2, 0) is 12.8 Å². The number of rotatable bonds is 2. The van der Waals surface area contributed by atoms with E-state index in [0.29, 0.717) is 10.8 Å². The van der Waals surface area contributed by atoms with Gasteiger partial charge in [-0.25, -0.2) is 0 Å². The minimum atomic E-state index is 0.696. The summed E-state index contributed by atoms with van der Waals surface area (Å²) in [5.41, 5.74) is 5.19. The molecule has 1 aromatic carbocycles. The van der Waals surface area contributed by atoms with Gasteiger partial charge in [-0.2, -0.15) is 14.9 Å². The van der Waals surface area contributed by atoms with Crippen LogP contribution in [0.1, 0.15) is 23.2 Å². The van der Waals surface area contributed by atoms with E-state index in [1.165, 1.54) is 11.3 Å². The van der Waals surface area contributed by atoms with Crippen LogP contribution in [0.3, 0.4) is 0 Å². The largest absolute Gasteiger partial charge is 0.282 e. The van der Waals surface area contributed by atoms with Crippen LogP contribution in [0.2, 0.25) is 5.02 Å². The average molecular weight is 357 g/mol. The quantitative estimate of drug-likeness (QED) is 0.765. The predicted octanol–water partition coefficient (Wildman–Crippen LogP) is 3.17. The number of hydrogen-bond donors (Lipinski definition) is 1. The molecule has 8 heteroatoms. The van der Waals surface area contributed by atoms with Gasteiger partial charge in [0.05, 0.1) is 5.71 Å². The Morgan fingerprint density at radius 1 is 1.17 bits per heavy atom. The maximum absolute atomic E-state index is 6.33. The number of fused-ring (bicyclic) bond motifs is 2. The molecule has 0 amide bonds. The molecule has 0 atom stereocenters. The third-order valence-corrected chi connectivity index (χ3v) is 5.63. The van der Waals surface area contributed by atoms with Gasteiger partial charge in [0.25, 0.3) is 0 Å². The molecule has 1 aliphatic carbocycles. The molecule has 0 bridgehead atoms. The average Bonchev–Trinajstić information content (AvgIpc) is 3.29. The maximum atomic E-state index is 6.33. The second-order valence-electron chi connectivity index (χ2n) is 5.82. The summed E-state index contributed by atoms with van der Waals surface area (Å²) < 4.78 is 1.79. The minimum Gasteiger partial charge on any atom is -0.282 e. The molecule has 3 aromatic rings. The third kappa shape index (κ3) is 2.12. The van der Waals surface area contributed by atoms with Gasteiger partial charge in [-0.05, 0) is 25.3 Å². The maximum Gasteiger partial charge on any atom is 0.212 e. The predicted molar refractivity (Wildman–Crippen MR) is 93.7 cm³/mol. The van der Waals surface area contributed by atoms with E-state index in [1.807, 2.05) is 24.3 Å². The van der Waals surface area contributed by atoms with Crippen molar-refractivity contribution in [1.29, 1.82) is 0 Å². The van der Waals surface area contributed by atoms with Gasteiger partial charge in [-0.1, -0.05) is 41.6 Å². The molecule has 1 aliphatic heterocycles. The van der Waals surface area contributed by atoms with Gasteiger partial charge in [0.1, 0.15) is 5.69 Å². The number of H-pyrrole nitrogens is 1. The van der Waals surface area contributed by atoms with Gasteiger partial charge in [0.15, 0.2) is 0 Å². The van der Waals surface area contributed by atoms with Crippen molar-refractivity contribution < 1.29 is 0 Å². The Morgan fingerprint density at radius 2 is 2.08 bits per heavy atom. The number of thioether (sulfide) groups is 1. The van der Waals surface area contributed by atoms with Gasteiger partial charge in [0.2, 0.25) is 11.0 Å². The standard InChI is InChI=1S/C16H13ClN6S/c17-11-6-2-1-4-9(11)13-8-24-16-21-20-15(23(16)22-13)14-10-5-3-7-12(10)18-19-14/h1-2,4,6H,3,5,7-8H2,(H,18,19). The van der Waals surface area contributed by atoms with Crippen molar-refractivity contribution in [3.05, 3.63) is 46.1 Å². The van der Waals surface area contributed by atoms with Gasteiger partial charge < -0.3 is 0 Å². The van der Waals surface area contributed by atoms with Gasteiger partial charge in [0, 0.05) is 27.6 Å². The first-order valence-corrected chi connectivity index (χ1v) is 9.15. The second-order valence-corrected chi connectivity index (χ2v) is 7.17. The van der Waals surface area contributed by atoms with Crippen LogP contribution in [0.15, 0.2) is 34.5 Å². The van der Waals surface area contributed by atoms with Crippen molar-refractivity contribution in [2.45, 2.75) is 24.4 Å². The molecular formula is C16H13ClN6S. The van der Waals surface area contributed by atoms with E-state index in [-0.39, 0.29) is 0 Å².